The van der Waals surface area contributed by atoms with Crippen LogP contribution in [0, 0.1) is 0 Å². The molecule has 0 bridgehead atoms. The Labute approximate surface area is 192 Å². The van der Waals surface area contributed by atoms with Gasteiger partial charge in [-0.3, -0.25) is 4.90 Å². The minimum absolute atomic E-state index is 0.206. The molecule has 172 valence electrons. The number of carbonyl (C=O) groups is 2. The van der Waals surface area contributed by atoms with Gasteiger partial charge in [0.25, 0.3) is 8.32 Å². The molecule has 0 radical (unpaired) electrons. The van der Waals surface area contributed by atoms with Crippen molar-refractivity contribution in [3.8, 4) is 0 Å². The van der Waals surface area contributed by atoms with Gasteiger partial charge in [0.05, 0.1) is 6.10 Å². The van der Waals surface area contributed by atoms with Crippen molar-refractivity contribution in [2.45, 2.75) is 70.7 Å². The molecule has 32 heavy (non-hydrogen) atoms. The number of hydrogen-bond acceptors (Lipinski definition) is 4. The van der Waals surface area contributed by atoms with Crippen LogP contribution in [-0.2, 0) is 14.0 Å². The van der Waals surface area contributed by atoms with Gasteiger partial charge in [-0.1, -0.05) is 81.4 Å². The third-order valence-corrected chi connectivity index (χ3v) is 11.0. The summed E-state index contributed by atoms with van der Waals surface area (Å²) in [5.41, 5.74) is -0.624. The highest BCUT2D eigenvalue weighted by atomic mass is 28.4. The summed E-state index contributed by atoms with van der Waals surface area (Å²) in [5, 5.41) is 2.10. The van der Waals surface area contributed by atoms with Crippen LogP contribution in [0.5, 0.6) is 0 Å². The highest BCUT2D eigenvalue weighted by Gasteiger charge is 2.54. The lowest BCUT2D eigenvalue weighted by molar-refractivity contribution is -0.113. The first-order chi connectivity index (χ1) is 15.0. The maximum absolute atomic E-state index is 12.8. The molecule has 0 unspecified atom stereocenters. The van der Waals surface area contributed by atoms with Crippen molar-refractivity contribution in [1.82, 2.24) is 4.90 Å². The molecule has 2 atom stereocenters. The zero-order chi connectivity index (χ0) is 23.6. The number of amides is 1. The molecule has 1 amide bonds. The molecule has 0 saturated carbocycles. The Kier molecular flexibility index (Phi) is 6.96. The van der Waals surface area contributed by atoms with E-state index in [2.05, 4.69) is 45.0 Å². The molecule has 0 aliphatic carbocycles. The van der Waals surface area contributed by atoms with Gasteiger partial charge in [-0.25, -0.2) is 4.79 Å². The van der Waals surface area contributed by atoms with Gasteiger partial charge in [0.1, 0.15) is 17.9 Å². The van der Waals surface area contributed by atoms with Crippen molar-refractivity contribution in [2.75, 3.05) is 6.54 Å². The Bertz CT molecular complexity index is 879. The van der Waals surface area contributed by atoms with Gasteiger partial charge in [-0.2, -0.15) is 0 Å². The molecular weight excluding hydrogens is 418 g/mol. The Hall–Kier alpha value is -2.44. The molecule has 2 aromatic rings. The van der Waals surface area contributed by atoms with Gasteiger partial charge in [-0.15, -0.1) is 0 Å². The smallest absolute Gasteiger partial charge is 0.410 e. The van der Waals surface area contributed by atoms with Gasteiger partial charge in [0, 0.05) is 6.54 Å². The minimum Gasteiger partial charge on any atom is -0.444 e. The molecule has 1 aliphatic heterocycles. The average molecular weight is 454 g/mol. The Morgan fingerprint density at radius 2 is 1.44 bits per heavy atom. The predicted molar refractivity (Wildman–Crippen MR) is 130 cm³/mol. The highest BCUT2D eigenvalue weighted by Crippen LogP contribution is 2.39. The summed E-state index contributed by atoms with van der Waals surface area (Å²) in [4.78, 5) is 26.5. The van der Waals surface area contributed by atoms with Gasteiger partial charge in [-0.05, 0) is 42.6 Å². The van der Waals surface area contributed by atoms with Gasteiger partial charge in [0.2, 0.25) is 0 Å². The molecule has 1 fully saturated rings. The molecule has 1 heterocycles. The lowest BCUT2D eigenvalue weighted by Crippen LogP contribution is -2.68. The van der Waals surface area contributed by atoms with E-state index in [1.54, 1.807) is 0 Å². The second-order valence-corrected chi connectivity index (χ2v) is 14.7. The van der Waals surface area contributed by atoms with Crippen molar-refractivity contribution in [1.29, 1.82) is 0 Å². The van der Waals surface area contributed by atoms with E-state index < -0.39 is 32.2 Å². The second-order valence-electron chi connectivity index (χ2n) is 10.4. The number of benzene rings is 2. The normalized spacial score (nSPS) is 19.6. The van der Waals surface area contributed by atoms with E-state index in [0.717, 1.165) is 16.7 Å². The summed E-state index contributed by atoms with van der Waals surface area (Å²) in [6.45, 7) is 12.5. The molecular formula is C26H35NO4Si. The minimum atomic E-state index is -2.82. The zero-order valence-corrected chi connectivity index (χ0v) is 21.0. The lowest BCUT2D eigenvalue weighted by Gasteiger charge is -2.45. The third-order valence-electron chi connectivity index (χ3n) is 5.91. The van der Waals surface area contributed by atoms with Crippen LogP contribution in [0.15, 0.2) is 60.7 Å². The summed E-state index contributed by atoms with van der Waals surface area (Å²) in [5.74, 6) is 0. The summed E-state index contributed by atoms with van der Waals surface area (Å²) in [7, 11) is -2.82. The molecule has 1 aliphatic rings. The molecule has 3 rings (SSSR count). The van der Waals surface area contributed by atoms with Crippen LogP contribution in [0.2, 0.25) is 5.04 Å². The van der Waals surface area contributed by atoms with Crippen LogP contribution < -0.4 is 10.4 Å². The topological polar surface area (TPSA) is 55.8 Å². The maximum atomic E-state index is 12.8. The molecule has 2 aromatic carbocycles. The third kappa shape index (κ3) is 4.81. The van der Waals surface area contributed by atoms with E-state index in [1.165, 1.54) is 4.90 Å². The fraction of sp³-hybridized carbons (Fsp3) is 0.462. The number of hydrogen-bond donors (Lipinski definition) is 0. The standard InChI is InChI=1S/C26H35NO4Si/c1-25(2,3)30-24(29)27-18-17-23(22(27)19-28)31-32(26(4,5)6,20-13-9-7-10-14-20)21-15-11-8-12-16-21/h7-16,19,22-23H,17-18H2,1-6H3/t22-,23-/m0/s1. The van der Waals surface area contributed by atoms with Crippen LogP contribution in [0.3, 0.4) is 0 Å². The zero-order valence-electron chi connectivity index (χ0n) is 20.0. The Morgan fingerprint density at radius 1 is 0.938 bits per heavy atom. The fourth-order valence-corrected chi connectivity index (χ4v) is 9.25. The van der Waals surface area contributed by atoms with Crippen molar-refractivity contribution >= 4 is 31.1 Å². The number of ether oxygens (including phenoxy) is 1. The van der Waals surface area contributed by atoms with Crippen LogP contribution in [0.25, 0.3) is 0 Å². The van der Waals surface area contributed by atoms with Crippen molar-refractivity contribution in [3.05, 3.63) is 60.7 Å². The van der Waals surface area contributed by atoms with Crippen molar-refractivity contribution in [3.63, 3.8) is 0 Å². The van der Waals surface area contributed by atoms with E-state index in [-0.39, 0.29) is 5.04 Å². The van der Waals surface area contributed by atoms with E-state index in [4.69, 9.17) is 9.16 Å². The van der Waals surface area contributed by atoms with Crippen LogP contribution in [-0.4, -0.2) is 49.9 Å². The lowest BCUT2D eigenvalue weighted by atomic mass is 10.2. The largest absolute Gasteiger partial charge is 0.444 e. The monoisotopic (exact) mass is 453 g/mol. The van der Waals surface area contributed by atoms with Gasteiger partial charge in [0.15, 0.2) is 0 Å². The molecule has 5 nitrogen and oxygen atoms in total. The van der Waals surface area contributed by atoms with Gasteiger partial charge < -0.3 is 14.0 Å². The average Bonchev–Trinajstić information content (AvgIpc) is 3.14. The van der Waals surface area contributed by atoms with Crippen molar-refractivity contribution in [2.24, 2.45) is 0 Å². The number of rotatable bonds is 5. The predicted octanol–water partition coefficient (Wildman–Crippen LogP) is 4.14. The van der Waals surface area contributed by atoms with Crippen LogP contribution >= 0.6 is 0 Å². The molecule has 0 aromatic heterocycles. The molecule has 6 heteroatoms. The first-order valence-corrected chi connectivity index (χ1v) is 13.1. The van der Waals surface area contributed by atoms with Crippen LogP contribution in [0.4, 0.5) is 4.79 Å². The number of aldehydes is 1. The summed E-state index contributed by atoms with van der Waals surface area (Å²) < 4.78 is 12.7. The number of carbonyl (C=O) groups excluding carboxylic acids is 2. The number of likely N-dealkylation sites (tertiary alicyclic amines) is 1. The SMILES string of the molecule is CC(C)(C)OC(=O)N1CC[C@H](O[Si](c2ccccc2)(c2ccccc2)C(C)(C)C)[C@@H]1C=O. The Balaban J connectivity index is 2.04. The second kappa shape index (κ2) is 9.20. The molecule has 1 saturated heterocycles. The Morgan fingerprint density at radius 3 is 1.84 bits per heavy atom. The molecule has 0 N–H and O–H groups in total. The maximum Gasteiger partial charge on any atom is 0.410 e. The van der Waals surface area contributed by atoms with E-state index >= 15 is 0 Å². The fourth-order valence-electron chi connectivity index (χ4n) is 4.53. The number of nitrogens with zero attached hydrogens (tertiary/aromatic N) is 1. The van der Waals surface area contributed by atoms with E-state index in [1.807, 2.05) is 57.2 Å². The van der Waals surface area contributed by atoms with Gasteiger partial charge >= 0.3 is 6.09 Å². The summed E-state index contributed by atoms with van der Waals surface area (Å²) in [6.07, 6.45) is 0.557. The first-order valence-electron chi connectivity index (χ1n) is 11.2. The molecule has 0 spiro atoms. The highest BCUT2D eigenvalue weighted by molar-refractivity contribution is 6.99. The van der Waals surface area contributed by atoms with Crippen LogP contribution in [0.1, 0.15) is 48.0 Å². The van der Waals surface area contributed by atoms with Crippen molar-refractivity contribution < 1.29 is 18.8 Å². The summed E-state index contributed by atoms with van der Waals surface area (Å²) >= 11 is 0. The first kappa shape index (κ1) is 24.2. The van der Waals surface area contributed by atoms with E-state index in [9.17, 15) is 9.59 Å². The quantitative estimate of drug-likeness (QED) is 0.504. The van der Waals surface area contributed by atoms with E-state index in [0.29, 0.717) is 13.0 Å². The summed E-state index contributed by atoms with van der Waals surface area (Å²) in [6, 6.07) is 20.0.